The third kappa shape index (κ3) is 65.8. The van der Waals surface area contributed by atoms with Crippen LogP contribution in [0, 0.1) is 23.7 Å². The minimum Gasteiger partial charge on any atom is -0.0654 e. The predicted octanol–water partition coefficient (Wildman–Crippen LogP) is 45.1. The molecule has 0 N–H and O–H groups in total. The zero-order valence-electron chi connectivity index (χ0n) is 90.3. The zero-order chi connectivity index (χ0) is 91.5. The van der Waals surface area contributed by atoms with Crippen LogP contribution >= 0.6 is 0 Å². The molecule has 0 radical (unpaired) electrons. The second-order valence-corrected chi connectivity index (χ2v) is 45.7. The van der Waals surface area contributed by atoms with E-state index in [0.29, 0.717) is 23.7 Å². The van der Waals surface area contributed by atoms with E-state index in [9.17, 15) is 13.3 Å². The van der Waals surface area contributed by atoms with Crippen molar-refractivity contribution in [2.45, 2.75) is 750 Å². The van der Waals surface area contributed by atoms with E-state index >= 15 is 0 Å². The first-order chi connectivity index (χ1) is 61.4. The van der Waals surface area contributed by atoms with Crippen molar-refractivity contribution < 1.29 is 31.4 Å². The van der Waals surface area contributed by atoms with Gasteiger partial charge in [-0.1, -0.05) is 182 Å². The Hall–Kier alpha value is 0.554. The molecular formula is C120H244O4Ti. The van der Waals surface area contributed by atoms with Gasteiger partial charge >= 0.3 is 623 Å². The molecular weight excluding hydrogens is 1550 g/mol. The maximum atomic E-state index is 9.87. The van der Waals surface area contributed by atoms with Gasteiger partial charge in [0.1, 0.15) is 0 Å². The Morgan fingerprint density at radius 3 is 0.328 bits per heavy atom. The normalized spacial score (nSPS) is 14.0. The third-order valence-electron chi connectivity index (χ3n) is 31.2. The molecule has 4 unspecified atom stereocenters. The molecule has 4 nitrogen and oxygen atoms in total. The van der Waals surface area contributed by atoms with Crippen molar-refractivity contribution in [2.75, 3.05) is 0 Å². The average Bonchev–Trinajstić information content (AvgIpc) is 0.735. The topological polar surface area (TPSA) is 36.9 Å². The summed E-state index contributed by atoms with van der Waals surface area (Å²) in [6, 6.07) is 0. The standard InChI is InChI=1S/4C30H61O.Ti/c4*1-5-9-13-14-15-16-17-18-19-20-21-22-23-24-26-29(25-10-6-2)30(31,27-11-7-3)28-12-8-4;/h4*29H,5-28H2,1-4H3;/q4*-1;+4. The van der Waals surface area contributed by atoms with Gasteiger partial charge in [-0.2, -0.15) is 0 Å². The molecule has 0 aliphatic carbocycles. The van der Waals surface area contributed by atoms with Gasteiger partial charge < -0.3 is 0 Å². The molecule has 0 heterocycles. The minimum absolute atomic E-state index is 0.407. The third-order valence-corrected chi connectivity index (χ3v) is 35.3. The SMILES string of the molecule is CCCCCCCCCCCCCCCCC(CCCC)C(CCCC)(CCCC)[O][Ti]([O]C(CCCC)(CCCC)C(CCCC)CCCCCCCCCCCCCCCC)([O]C(CCCC)(CCCC)C(CCCC)CCCCCCCCCCCCCCCC)[O]C(CCCC)(CCCC)C(CCCC)CCCCCCCCCCCCCCCC. The van der Waals surface area contributed by atoms with Gasteiger partial charge in [-0.05, 0) is 0 Å². The van der Waals surface area contributed by atoms with Crippen LogP contribution in [-0.4, -0.2) is 22.4 Å². The van der Waals surface area contributed by atoms with Crippen LogP contribution < -0.4 is 0 Å². The summed E-state index contributed by atoms with van der Waals surface area (Å²) < 4.78 is 39.5. The van der Waals surface area contributed by atoms with Crippen molar-refractivity contribution in [3.05, 3.63) is 0 Å². The molecule has 4 atom stereocenters. The van der Waals surface area contributed by atoms with Crippen molar-refractivity contribution in [1.82, 2.24) is 0 Å². The summed E-state index contributed by atoms with van der Waals surface area (Å²) in [5.74, 6) is 1.74. The molecule has 0 amide bonds. The fourth-order valence-corrected chi connectivity index (χ4v) is 28.4. The maximum absolute atomic E-state index is 9.87. The van der Waals surface area contributed by atoms with Gasteiger partial charge in [-0.3, -0.25) is 0 Å². The fourth-order valence-electron chi connectivity index (χ4n) is 22.6. The summed E-state index contributed by atoms with van der Waals surface area (Å²) in [6.45, 7) is 39.7. The van der Waals surface area contributed by atoms with Crippen molar-refractivity contribution in [1.29, 1.82) is 0 Å². The van der Waals surface area contributed by atoms with E-state index in [2.05, 4.69) is 111 Å². The molecule has 0 aliphatic rings. The first-order valence-electron chi connectivity index (χ1n) is 60.2. The monoisotopic (exact) mass is 1800 g/mol. The van der Waals surface area contributed by atoms with Gasteiger partial charge in [-0.15, -0.1) is 0 Å². The van der Waals surface area contributed by atoms with Crippen LogP contribution in [0.5, 0.6) is 0 Å². The number of rotatable bonds is 108. The van der Waals surface area contributed by atoms with E-state index < -0.39 is 40.5 Å². The second kappa shape index (κ2) is 93.6. The van der Waals surface area contributed by atoms with Crippen LogP contribution in [-0.2, 0) is 31.4 Å². The number of hydrogen-bond acceptors (Lipinski definition) is 4. The average molecular weight is 1800 g/mol. The summed E-state index contributed by atoms with van der Waals surface area (Å²) in [4.78, 5) is 0. The Morgan fingerprint density at radius 2 is 0.216 bits per heavy atom. The molecule has 0 rings (SSSR count). The minimum atomic E-state index is -5.47. The summed E-state index contributed by atoms with van der Waals surface area (Å²) in [6.07, 6.45) is 127. The molecule has 0 saturated carbocycles. The molecule has 0 aromatic carbocycles. The molecule has 0 aromatic rings. The Labute approximate surface area is 799 Å². The molecule has 0 aliphatic heterocycles. The van der Waals surface area contributed by atoms with Gasteiger partial charge in [0.15, 0.2) is 0 Å². The van der Waals surface area contributed by atoms with Gasteiger partial charge in [0.05, 0.1) is 0 Å². The van der Waals surface area contributed by atoms with Crippen LogP contribution in [0.25, 0.3) is 0 Å². The molecule has 5 heteroatoms. The second-order valence-electron chi connectivity index (χ2n) is 42.9. The van der Waals surface area contributed by atoms with E-state index in [-0.39, 0.29) is 0 Å². The van der Waals surface area contributed by atoms with Crippen LogP contribution in [0.4, 0.5) is 0 Å². The molecule has 752 valence electrons. The van der Waals surface area contributed by atoms with Crippen molar-refractivity contribution in [2.24, 2.45) is 23.7 Å². The van der Waals surface area contributed by atoms with Crippen LogP contribution in [0.2, 0.25) is 0 Å². The molecule has 0 bridgehead atoms. The fraction of sp³-hybridized carbons (Fsp3) is 1.00. The van der Waals surface area contributed by atoms with Gasteiger partial charge in [-0.25, -0.2) is 0 Å². The van der Waals surface area contributed by atoms with E-state index in [1.165, 1.54) is 565 Å². The predicted molar refractivity (Wildman–Crippen MR) is 563 cm³/mol. The van der Waals surface area contributed by atoms with Gasteiger partial charge in [0, 0.05) is 0 Å². The van der Waals surface area contributed by atoms with E-state index in [0.717, 1.165) is 51.4 Å². The van der Waals surface area contributed by atoms with Gasteiger partial charge in [0.25, 0.3) is 0 Å². The van der Waals surface area contributed by atoms with Crippen LogP contribution in [0.3, 0.4) is 0 Å². The Balaban J connectivity index is 9.90. The zero-order valence-corrected chi connectivity index (χ0v) is 91.9. The van der Waals surface area contributed by atoms with Gasteiger partial charge in [0.2, 0.25) is 0 Å². The molecule has 0 saturated heterocycles. The van der Waals surface area contributed by atoms with Crippen molar-refractivity contribution in [3.8, 4) is 0 Å². The molecule has 0 fully saturated rings. The first kappa shape index (κ1) is 126. The van der Waals surface area contributed by atoms with Crippen molar-refractivity contribution in [3.63, 3.8) is 0 Å². The van der Waals surface area contributed by atoms with E-state index in [4.69, 9.17) is 0 Å². The summed E-state index contributed by atoms with van der Waals surface area (Å²) in [5, 5.41) is 0. The summed E-state index contributed by atoms with van der Waals surface area (Å²) >= 11 is -5.47. The van der Waals surface area contributed by atoms with Crippen molar-refractivity contribution >= 4 is 0 Å². The Morgan fingerprint density at radius 1 is 0.120 bits per heavy atom. The van der Waals surface area contributed by atoms with E-state index in [1.54, 1.807) is 0 Å². The molecule has 0 aromatic heterocycles. The van der Waals surface area contributed by atoms with E-state index in [1.807, 2.05) is 0 Å². The number of hydrogen-bond donors (Lipinski definition) is 0. The Kier molecular flexibility index (Phi) is 94.0. The first-order valence-corrected chi connectivity index (χ1v) is 62.7. The molecule has 125 heavy (non-hydrogen) atoms. The summed E-state index contributed by atoms with van der Waals surface area (Å²) in [5.41, 5.74) is -1.63. The summed E-state index contributed by atoms with van der Waals surface area (Å²) in [7, 11) is 0. The molecule has 0 spiro atoms. The number of unbranched alkanes of at least 4 members (excludes halogenated alkanes) is 64. The Bertz CT molecular complexity index is 1740. The van der Waals surface area contributed by atoms with Crippen LogP contribution in [0.15, 0.2) is 0 Å². The smallest absolute Gasteiger partial charge is 0.0654 e. The van der Waals surface area contributed by atoms with Crippen LogP contribution in [0.1, 0.15) is 727 Å². The quantitative estimate of drug-likeness (QED) is 0.0449.